The SMILES string of the molecule is C/C=C/C[C@@H](C)[C@@H](O)C1C(=O)N[C@@H](CC)C(=O)N(C)C(SCC2(N(C)C(C)C)CC2)C(=O)N(C)[C@@H](CC(C)(C)O)C(=O)N[C@@H](C(C)C)C(=O)N(C)[C@@H](CC(C)C)C(=O)N[C@@H](C)C(=O)N[C@H](C)C(=O)N(C)[C@@H](CC(C)C)C(=O)N(C)[C@@H](CC(C)C)C(=O)N(C)[C@@H](C(C)C)C(=O)N1C. The van der Waals surface area contributed by atoms with Crippen LogP contribution in [-0.2, 0) is 52.7 Å². The highest BCUT2D eigenvalue weighted by Gasteiger charge is 2.51. The van der Waals surface area contributed by atoms with Gasteiger partial charge in [0.2, 0.25) is 59.1 Å². The molecule has 1 aliphatic carbocycles. The third kappa shape index (κ3) is 23.1. The van der Waals surface area contributed by atoms with Crippen molar-refractivity contribution in [2.45, 2.75) is 272 Å². The van der Waals surface area contributed by atoms with Gasteiger partial charge < -0.3 is 65.8 Å². The minimum Gasteiger partial charge on any atom is -0.390 e. The van der Waals surface area contributed by atoms with Gasteiger partial charge in [0.15, 0.2) is 5.37 Å². The third-order valence-electron chi connectivity index (χ3n) is 19.1. The van der Waals surface area contributed by atoms with Crippen LogP contribution in [0.4, 0.5) is 0 Å². The quantitative estimate of drug-likeness (QED) is 0.0926. The van der Waals surface area contributed by atoms with Gasteiger partial charge >= 0.3 is 0 Å². The normalized spacial score (nSPS) is 27.4. The Morgan fingerprint density at radius 3 is 1.44 bits per heavy atom. The van der Waals surface area contributed by atoms with Crippen LogP contribution in [0.25, 0.3) is 0 Å². The summed E-state index contributed by atoms with van der Waals surface area (Å²) in [4.78, 5) is 176. The highest BCUT2D eigenvalue weighted by Crippen LogP contribution is 2.45. The lowest BCUT2D eigenvalue weighted by atomic mass is 9.91. The summed E-state index contributed by atoms with van der Waals surface area (Å²) in [6.45, 7) is 33.1. The van der Waals surface area contributed by atoms with Crippen LogP contribution >= 0.6 is 11.8 Å². The van der Waals surface area contributed by atoms with Gasteiger partial charge in [-0.1, -0.05) is 95.2 Å². The Morgan fingerprint density at radius 2 is 0.990 bits per heavy atom. The molecular formula is C70H126N12O13S. The lowest BCUT2D eigenvalue weighted by Crippen LogP contribution is -2.64. The van der Waals surface area contributed by atoms with Crippen molar-refractivity contribution in [1.29, 1.82) is 0 Å². The zero-order valence-electron chi connectivity index (χ0n) is 63.4. The summed E-state index contributed by atoms with van der Waals surface area (Å²) in [5.74, 6) is -9.93. The van der Waals surface area contributed by atoms with E-state index >= 15 is 33.6 Å². The number of allylic oxidation sites excluding steroid dienone is 2. The number of hydrogen-bond donors (Lipinski definition) is 6. The number of likely N-dealkylation sites (N-methyl/N-ethyl adjacent to an activating group) is 7. The topological polar surface area (TPSA) is 302 Å². The van der Waals surface area contributed by atoms with E-state index in [-0.39, 0.29) is 67.9 Å². The Balaban J connectivity index is 3.17. The van der Waals surface area contributed by atoms with E-state index < -0.39 is 160 Å². The Bertz CT molecular complexity index is 2700. The van der Waals surface area contributed by atoms with E-state index in [0.717, 1.165) is 22.6 Å². The summed E-state index contributed by atoms with van der Waals surface area (Å²) in [5.41, 5.74) is -1.95. The number of thioether (sulfide) groups is 1. The molecule has 0 aromatic rings. The van der Waals surface area contributed by atoms with Gasteiger partial charge in [-0.2, -0.15) is 0 Å². The van der Waals surface area contributed by atoms with Gasteiger partial charge in [-0.05, 0) is 136 Å². The maximum atomic E-state index is 15.6. The van der Waals surface area contributed by atoms with Crippen LogP contribution in [0, 0.1) is 35.5 Å². The summed E-state index contributed by atoms with van der Waals surface area (Å²) in [6, 6.07) is -13.0. The summed E-state index contributed by atoms with van der Waals surface area (Å²) in [7, 11) is 11.9. The van der Waals surface area contributed by atoms with E-state index in [4.69, 9.17) is 0 Å². The molecule has 0 radical (unpaired) electrons. The molecule has 2 aliphatic rings. The minimum absolute atomic E-state index is 0.0299. The molecule has 2 fully saturated rings. The second kappa shape index (κ2) is 37.4. The van der Waals surface area contributed by atoms with E-state index in [1.807, 2.05) is 54.7 Å². The van der Waals surface area contributed by atoms with Crippen LogP contribution in [0.15, 0.2) is 12.2 Å². The highest BCUT2D eigenvalue weighted by molar-refractivity contribution is 8.00. The van der Waals surface area contributed by atoms with Gasteiger partial charge in [-0.3, -0.25) is 57.6 Å². The molecule has 550 valence electrons. The number of nitrogens with one attached hydrogen (secondary N) is 4. The van der Waals surface area contributed by atoms with E-state index in [1.54, 1.807) is 54.5 Å². The Morgan fingerprint density at radius 1 is 0.542 bits per heavy atom. The molecular weight excluding hydrogens is 1250 g/mol. The van der Waals surface area contributed by atoms with E-state index in [0.29, 0.717) is 5.75 Å². The maximum absolute atomic E-state index is 15.6. The number of nitrogens with zero attached hydrogens (tertiary/aromatic N) is 8. The first-order valence-electron chi connectivity index (χ1n) is 34.6. The standard InChI is InChI=1S/C70H126N12O13S/c1-28-30-31-45(15)56(83)55-60(87)73-48(29-2)62(89)81(26)68(96-38-70(32-33-70)82(27)44(13)14)67(94)78(23)52(37-69(18,19)95)59(86)74-53(42(9)10)65(92)75(20)49(34-39(3)4)58(85)71-46(16)57(84)72-47(17)61(88)76(21)50(35-40(5)6)63(90)77(22)51(36-41(7)8)64(91)79(24)54(43(11)12)66(93)80(55)25/h28,30,39-56,68,83,95H,29,31-38H2,1-27H3,(H,71,85)(H,72,84)(H,73,87)(H,74,86)/b30-28+/t45-,46+,47-,48+,49+,50+,51+,52+,53+,54+,55?,56-,68?/m1/s1. The number of aliphatic hydroxyl groups is 2. The predicted molar refractivity (Wildman–Crippen MR) is 376 cm³/mol. The molecule has 25 nitrogen and oxygen atoms in total. The second-order valence-corrected chi connectivity index (χ2v) is 31.3. The monoisotopic (exact) mass is 1370 g/mol. The molecule has 96 heavy (non-hydrogen) atoms. The van der Waals surface area contributed by atoms with Crippen molar-refractivity contribution in [1.82, 2.24) is 60.5 Å². The molecule has 11 amide bonds. The van der Waals surface area contributed by atoms with Crippen molar-refractivity contribution >= 4 is 76.7 Å². The van der Waals surface area contributed by atoms with Gasteiger partial charge in [0.1, 0.15) is 60.4 Å². The van der Waals surface area contributed by atoms with Gasteiger partial charge in [0.25, 0.3) is 5.91 Å². The van der Waals surface area contributed by atoms with Crippen molar-refractivity contribution in [3.8, 4) is 0 Å². The van der Waals surface area contributed by atoms with E-state index in [9.17, 15) is 29.4 Å². The molecule has 0 aromatic heterocycles. The molecule has 13 atom stereocenters. The maximum Gasteiger partial charge on any atom is 0.256 e. The fraction of sp³-hybridized carbons (Fsp3) is 0.814. The molecule has 0 aromatic carbocycles. The van der Waals surface area contributed by atoms with Crippen LogP contribution in [0.3, 0.4) is 0 Å². The first kappa shape index (κ1) is 86.2. The van der Waals surface area contributed by atoms with Crippen molar-refractivity contribution in [3.05, 3.63) is 12.2 Å². The smallest absolute Gasteiger partial charge is 0.256 e. The van der Waals surface area contributed by atoms with E-state index in [2.05, 4.69) is 40.0 Å². The fourth-order valence-electron chi connectivity index (χ4n) is 12.4. The van der Waals surface area contributed by atoms with Crippen molar-refractivity contribution in [2.75, 3.05) is 62.1 Å². The lowest BCUT2D eigenvalue weighted by Gasteiger charge is -2.41. The van der Waals surface area contributed by atoms with Crippen molar-refractivity contribution in [2.24, 2.45) is 35.5 Å². The van der Waals surface area contributed by atoms with Crippen LogP contribution in [0.1, 0.15) is 183 Å². The number of carbonyl (C=O) groups excluding carboxylic acids is 11. The number of aliphatic hydroxyl groups excluding tert-OH is 1. The summed E-state index contributed by atoms with van der Waals surface area (Å²) in [6.07, 6.45) is 3.95. The van der Waals surface area contributed by atoms with Gasteiger partial charge in [0.05, 0.1) is 11.7 Å². The zero-order valence-corrected chi connectivity index (χ0v) is 64.2. The molecule has 0 spiro atoms. The molecule has 1 aliphatic heterocycles. The fourth-order valence-corrected chi connectivity index (χ4v) is 14.0. The molecule has 6 N–H and O–H groups in total. The minimum atomic E-state index is -1.66. The Hall–Kier alpha value is -5.86. The second-order valence-electron chi connectivity index (χ2n) is 30.3. The van der Waals surface area contributed by atoms with Crippen LogP contribution in [-0.4, -0.2) is 266 Å². The number of carbonyl (C=O) groups is 11. The van der Waals surface area contributed by atoms with Crippen LogP contribution < -0.4 is 21.3 Å². The summed E-state index contributed by atoms with van der Waals surface area (Å²) >= 11 is 1.18. The Labute approximate surface area is 579 Å². The molecule has 2 rings (SSSR count). The third-order valence-corrected chi connectivity index (χ3v) is 20.6. The molecule has 0 bridgehead atoms. The zero-order chi connectivity index (χ0) is 74.3. The Kier molecular flexibility index (Phi) is 33.6. The van der Waals surface area contributed by atoms with Crippen LogP contribution in [0.5, 0.6) is 0 Å². The number of rotatable bonds is 20. The molecule has 1 heterocycles. The van der Waals surface area contributed by atoms with Crippen molar-refractivity contribution < 1.29 is 63.0 Å². The van der Waals surface area contributed by atoms with E-state index in [1.165, 1.54) is 113 Å². The van der Waals surface area contributed by atoms with Gasteiger partial charge in [-0.25, -0.2) is 0 Å². The molecule has 2 unspecified atom stereocenters. The molecule has 1 saturated heterocycles. The van der Waals surface area contributed by atoms with Gasteiger partial charge in [0, 0.05) is 73.1 Å². The van der Waals surface area contributed by atoms with Crippen LogP contribution in [0.2, 0.25) is 0 Å². The summed E-state index contributed by atoms with van der Waals surface area (Å²) < 4.78 is 0. The highest BCUT2D eigenvalue weighted by atomic mass is 32.2. The van der Waals surface area contributed by atoms with Crippen molar-refractivity contribution in [3.63, 3.8) is 0 Å². The average Bonchev–Trinajstić information content (AvgIpc) is 1.60. The number of hydrogen-bond acceptors (Lipinski definition) is 15. The molecule has 1 saturated carbocycles. The molecule has 26 heteroatoms. The lowest BCUT2D eigenvalue weighted by molar-refractivity contribution is -0.157. The first-order chi connectivity index (χ1) is 44.2. The van der Waals surface area contributed by atoms with Gasteiger partial charge in [-0.15, -0.1) is 11.8 Å². The average molecular weight is 1380 g/mol. The largest absolute Gasteiger partial charge is 0.390 e. The summed E-state index contributed by atoms with van der Waals surface area (Å²) in [5, 5.41) is 33.6. The first-order valence-corrected chi connectivity index (χ1v) is 35.7. The number of amides is 11. The predicted octanol–water partition coefficient (Wildman–Crippen LogP) is 4.32.